The molecule has 0 spiro atoms. The molecular weight excluding hydrogens is 332 g/mol. The molecule has 0 radical (unpaired) electrons. The highest BCUT2D eigenvalue weighted by molar-refractivity contribution is 5.83. The van der Waals surface area contributed by atoms with E-state index in [0.29, 0.717) is 0 Å². The van der Waals surface area contributed by atoms with E-state index in [2.05, 4.69) is 61.9 Å². The molecule has 3 rings (SSSR count). The molecule has 0 saturated heterocycles. The van der Waals surface area contributed by atoms with Crippen LogP contribution in [0.25, 0.3) is 22.2 Å². The summed E-state index contributed by atoms with van der Waals surface area (Å²) in [5.74, 6) is 0. The van der Waals surface area contributed by atoms with Crippen LogP contribution in [0.5, 0.6) is 0 Å². The largest absolute Gasteiger partial charge is 0.618 e. The highest BCUT2D eigenvalue weighted by Gasteiger charge is 2.18. The van der Waals surface area contributed by atoms with Crippen LogP contribution in [0, 0.1) is 5.21 Å². The predicted octanol–water partition coefficient (Wildman–Crippen LogP) is 6.04. The Morgan fingerprint density at radius 2 is 1.63 bits per heavy atom. The molecule has 3 heteroatoms. The fourth-order valence-corrected chi connectivity index (χ4v) is 4.00. The standard InChI is InChI=1S/C24H32N2O/c1-4-7-8-9-10-15-25-16-14-21-17-22(26(27)18-23(21)25)24-19(5-2)12-11-13-20(24)6-3/h11-14,16-18H,4-10,15H2,1-3H3. The van der Waals surface area contributed by atoms with E-state index >= 15 is 0 Å². The monoisotopic (exact) mass is 364 g/mol. The molecule has 0 saturated carbocycles. The Labute approximate surface area is 163 Å². The van der Waals surface area contributed by atoms with Gasteiger partial charge >= 0.3 is 0 Å². The minimum atomic E-state index is 0.775. The average molecular weight is 365 g/mol. The van der Waals surface area contributed by atoms with E-state index in [1.54, 1.807) is 6.20 Å². The number of nitrogens with zero attached hydrogens (tertiary/aromatic N) is 2. The molecule has 144 valence electrons. The van der Waals surface area contributed by atoms with Gasteiger partial charge in [-0.2, -0.15) is 4.73 Å². The van der Waals surface area contributed by atoms with Gasteiger partial charge in [0.15, 0.2) is 0 Å². The first-order valence-corrected chi connectivity index (χ1v) is 10.5. The van der Waals surface area contributed by atoms with Gasteiger partial charge in [0, 0.05) is 24.2 Å². The quantitative estimate of drug-likeness (QED) is 0.259. The second-order valence-electron chi connectivity index (χ2n) is 7.41. The third-order valence-electron chi connectivity index (χ3n) is 5.57. The van der Waals surface area contributed by atoms with Gasteiger partial charge in [-0.05, 0) is 36.5 Å². The van der Waals surface area contributed by atoms with Gasteiger partial charge < -0.3 is 9.77 Å². The van der Waals surface area contributed by atoms with Gasteiger partial charge in [-0.3, -0.25) is 0 Å². The molecule has 0 fully saturated rings. The highest BCUT2D eigenvalue weighted by atomic mass is 16.5. The van der Waals surface area contributed by atoms with Crippen LogP contribution in [0.15, 0.2) is 42.7 Å². The first kappa shape index (κ1) is 19.5. The number of rotatable bonds is 9. The number of benzene rings is 1. The fourth-order valence-electron chi connectivity index (χ4n) is 4.00. The zero-order valence-corrected chi connectivity index (χ0v) is 17.0. The third-order valence-corrected chi connectivity index (χ3v) is 5.57. The lowest BCUT2D eigenvalue weighted by Gasteiger charge is -2.13. The summed E-state index contributed by atoms with van der Waals surface area (Å²) in [6.45, 7) is 7.53. The molecule has 0 unspecified atom stereocenters. The van der Waals surface area contributed by atoms with Crippen LogP contribution in [-0.2, 0) is 19.4 Å². The van der Waals surface area contributed by atoms with Crippen LogP contribution in [-0.4, -0.2) is 4.57 Å². The van der Waals surface area contributed by atoms with E-state index in [4.69, 9.17) is 0 Å². The highest BCUT2D eigenvalue weighted by Crippen LogP contribution is 2.29. The minimum Gasteiger partial charge on any atom is -0.618 e. The zero-order valence-electron chi connectivity index (χ0n) is 17.0. The number of hydrogen-bond donors (Lipinski definition) is 0. The van der Waals surface area contributed by atoms with E-state index in [0.717, 1.165) is 46.3 Å². The molecule has 0 aliphatic heterocycles. The summed E-state index contributed by atoms with van der Waals surface area (Å²) in [5, 5.41) is 14.1. The van der Waals surface area contributed by atoms with Crippen molar-refractivity contribution < 1.29 is 4.73 Å². The number of aromatic nitrogens is 2. The summed E-state index contributed by atoms with van der Waals surface area (Å²) in [6, 6.07) is 10.6. The molecular formula is C24H32N2O. The smallest absolute Gasteiger partial charge is 0.225 e. The first-order chi connectivity index (χ1) is 13.2. The second kappa shape index (κ2) is 9.07. The number of fused-ring (bicyclic) bond motifs is 1. The molecule has 0 N–H and O–H groups in total. The minimum absolute atomic E-state index is 0.775. The van der Waals surface area contributed by atoms with Crippen LogP contribution in [0.2, 0.25) is 0 Å². The third kappa shape index (κ3) is 4.18. The van der Waals surface area contributed by atoms with E-state index in [1.165, 1.54) is 43.2 Å². The van der Waals surface area contributed by atoms with Crippen molar-refractivity contribution in [3.8, 4) is 11.3 Å². The van der Waals surface area contributed by atoms with Crippen LogP contribution in [0.4, 0.5) is 0 Å². The van der Waals surface area contributed by atoms with Crippen molar-refractivity contribution in [2.24, 2.45) is 0 Å². The van der Waals surface area contributed by atoms with Crippen LogP contribution in [0.1, 0.15) is 64.0 Å². The summed E-state index contributed by atoms with van der Waals surface area (Å²) < 4.78 is 3.30. The van der Waals surface area contributed by atoms with Crippen molar-refractivity contribution in [1.29, 1.82) is 0 Å². The number of unbranched alkanes of at least 4 members (excludes halogenated alkanes) is 4. The Hall–Kier alpha value is -2.29. The summed E-state index contributed by atoms with van der Waals surface area (Å²) in [4.78, 5) is 0. The van der Waals surface area contributed by atoms with E-state index < -0.39 is 0 Å². The fraction of sp³-hybridized carbons (Fsp3) is 0.458. The van der Waals surface area contributed by atoms with Gasteiger partial charge in [0.2, 0.25) is 11.9 Å². The predicted molar refractivity (Wildman–Crippen MR) is 114 cm³/mol. The van der Waals surface area contributed by atoms with Crippen molar-refractivity contribution in [2.75, 3.05) is 0 Å². The van der Waals surface area contributed by atoms with Gasteiger partial charge in [-0.25, -0.2) is 0 Å². The lowest BCUT2D eigenvalue weighted by molar-refractivity contribution is -0.592. The summed E-state index contributed by atoms with van der Waals surface area (Å²) in [5.41, 5.74) is 5.42. The maximum atomic E-state index is 12.9. The summed E-state index contributed by atoms with van der Waals surface area (Å²) >= 11 is 0. The van der Waals surface area contributed by atoms with Crippen molar-refractivity contribution in [3.63, 3.8) is 0 Å². The van der Waals surface area contributed by atoms with Gasteiger partial charge in [0.25, 0.3) is 0 Å². The van der Waals surface area contributed by atoms with Gasteiger partial charge in [-0.15, -0.1) is 0 Å². The molecule has 1 aromatic carbocycles. The van der Waals surface area contributed by atoms with Gasteiger partial charge in [0.05, 0.1) is 5.56 Å². The van der Waals surface area contributed by atoms with Gasteiger partial charge in [0.1, 0.15) is 5.52 Å². The van der Waals surface area contributed by atoms with Crippen LogP contribution >= 0.6 is 0 Å². The number of aryl methyl sites for hydroxylation is 3. The molecule has 0 aliphatic rings. The Balaban J connectivity index is 1.93. The number of hydrogen-bond acceptors (Lipinski definition) is 1. The second-order valence-corrected chi connectivity index (χ2v) is 7.41. The normalized spacial score (nSPS) is 11.4. The SMILES string of the molecule is CCCCCCCn1ccc2cc(-c3c(CC)cccc3CC)[n+]([O-])cc21. The summed E-state index contributed by atoms with van der Waals surface area (Å²) in [6.07, 6.45) is 12.1. The lowest BCUT2D eigenvalue weighted by Crippen LogP contribution is -2.29. The van der Waals surface area contributed by atoms with E-state index in [9.17, 15) is 5.21 Å². The molecule has 0 bridgehead atoms. The van der Waals surface area contributed by atoms with Crippen LogP contribution in [0.3, 0.4) is 0 Å². The van der Waals surface area contributed by atoms with E-state index in [-0.39, 0.29) is 0 Å². The molecule has 2 heterocycles. The molecule has 0 atom stereocenters. The Morgan fingerprint density at radius 1 is 0.926 bits per heavy atom. The lowest BCUT2D eigenvalue weighted by atomic mass is 9.94. The van der Waals surface area contributed by atoms with Crippen molar-refractivity contribution >= 4 is 10.9 Å². The van der Waals surface area contributed by atoms with E-state index in [1.807, 2.05) is 0 Å². The van der Waals surface area contributed by atoms with Crippen molar-refractivity contribution in [2.45, 2.75) is 72.3 Å². The molecule has 0 aliphatic carbocycles. The molecule has 27 heavy (non-hydrogen) atoms. The number of pyridine rings is 1. The van der Waals surface area contributed by atoms with Crippen molar-refractivity contribution in [3.05, 3.63) is 59.1 Å². The maximum Gasteiger partial charge on any atom is 0.225 e. The molecule has 3 aromatic rings. The summed E-state index contributed by atoms with van der Waals surface area (Å²) in [7, 11) is 0. The van der Waals surface area contributed by atoms with Gasteiger partial charge in [-0.1, -0.05) is 64.7 Å². The molecule has 3 nitrogen and oxygen atoms in total. The van der Waals surface area contributed by atoms with Crippen LogP contribution < -0.4 is 4.73 Å². The Morgan fingerprint density at radius 3 is 2.30 bits per heavy atom. The Bertz CT molecular complexity index is 873. The first-order valence-electron chi connectivity index (χ1n) is 10.5. The zero-order chi connectivity index (χ0) is 19.2. The molecule has 0 amide bonds. The average Bonchev–Trinajstić information content (AvgIpc) is 3.08. The topological polar surface area (TPSA) is 31.9 Å². The Kier molecular flexibility index (Phi) is 6.54. The maximum absolute atomic E-state index is 12.9. The van der Waals surface area contributed by atoms with Crippen molar-refractivity contribution in [1.82, 2.24) is 4.57 Å². The molecule has 2 aromatic heterocycles.